The minimum Gasteiger partial charge on any atom is -0.385 e. The molecule has 0 bridgehead atoms. The normalized spacial score (nSPS) is 12.6. The smallest absolute Gasteiger partial charge is 0.0564 e. The van der Waals surface area contributed by atoms with Crippen molar-refractivity contribution >= 4 is 17.0 Å². The summed E-state index contributed by atoms with van der Waals surface area (Å²) in [5, 5.41) is 5.45. The van der Waals surface area contributed by atoms with E-state index in [1.165, 1.54) is 4.88 Å². The van der Waals surface area contributed by atoms with Crippen LogP contribution in [0.25, 0.3) is 0 Å². The molecule has 0 aliphatic carbocycles. The summed E-state index contributed by atoms with van der Waals surface area (Å²) in [6.45, 7) is 6.13. The number of hydrogen-bond donors (Lipinski definition) is 1. The van der Waals surface area contributed by atoms with Crippen LogP contribution in [0.1, 0.15) is 30.5 Å². The Morgan fingerprint density at radius 1 is 1.42 bits per heavy atom. The Bertz CT molecular complexity index is 496. The molecule has 0 amide bonds. The number of rotatable bonds is 6. The van der Waals surface area contributed by atoms with Crippen molar-refractivity contribution in [2.75, 3.05) is 18.9 Å². The lowest BCUT2D eigenvalue weighted by Crippen LogP contribution is -2.21. The molecule has 0 saturated heterocycles. The van der Waals surface area contributed by atoms with Crippen LogP contribution >= 0.6 is 11.3 Å². The molecule has 4 heteroatoms. The fraction of sp³-hybridized carbons (Fsp3) is 0.400. The highest BCUT2D eigenvalue weighted by atomic mass is 32.1. The van der Waals surface area contributed by atoms with Crippen LogP contribution < -0.4 is 5.32 Å². The molecule has 0 aliphatic rings. The minimum atomic E-state index is 0.421. The molecule has 0 aromatic carbocycles. The van der Waals surface area contributed by atoms with E-state index in [0.29, 0.717) is 6.04 Å². The van der Waals surface area contributed by atoms with E-state index >= 15 is 0 Å². The van der Waals surface area contributed by atoms with Gasteiger partial charge in [-0.05, 0) is 44.5 Å². The highest BCUT2D eigenvalue weighted by molar-refractivity contribution is 7.10. The summed E-state index contributed by atoms with van der Waals surface area (Å²) in [6, 6.07) is 8.85. The quantitative estimate of drug-likeness (QED) is 0.870. The first kappa shape index (κ1) is 14.0. The van der Waals surface area contributed by atoms with E-state index in [1.54, 1.807) is 11.3 Å². The van der Waals surface area contributed by atoms with Gasteiger partial charge in [-0.2, -0.15) is 0 Å². The van der Waals surface area contributed by atoms with Crippen molar-refractivity contribution in [1.29, 1.82) is 0 Å². The third-order valence-corrected chi connectivity index (χ3v) is 4.27. The van der Waals surface area contributed by atoms with Crippen LogP contribution in [0.4, 0.5) is 5.69 Å². The van der Waals surface area contributed by atoms with Gasteiger partial charge in [-0.3, -0.25) is 9.88 Å². The Labute approximate surface area is 119 Å². The predicted molar refractivity (Wildman–Crippen MR) is 82.6 cm³/mol. The first-order valence-corrected chi connectivity index (χ1v) is 7.51. The summed E-state index contributed by atoms with van der Waals surface area (Å²) in [5.74, 6) is 0. The molecule has 0 fully saturated rings. The Morgan fingerprint density at radius 3 is 2.95 bits per heavy atom. The van der Waals surface area contributed by atoms with Gasteiger partial charge in [0.05, 0.1) is 5.69 Å². The van der Waals surface area contributed by atoms with Gasteiger partial charge in [0.15, 0.2) is 0 Å². The molecule has 0 spiro atoms. The molecule has 19 heavy (non-hydrogen) atoms. The molecule has 0 saturated carbocycles. The van der Waals surface area contributed by atoms with Crippen LogP contribution in [0.15, 0.2) is 35.8 Å². The lowest BCUT2D eigenvalue weighted by Gasteiger charge is -2.23. The summed E-state index contributed by atoms with van der Waals surface area (Å²) in [4.78, 5) is 8.16. The van der Waals surface area contributed by atoms with Gasteiger partial charge in [0.1, 0.15) is 0 Å². The SMILES string of the molecule is CCNc1ccnc(CN(C)C(C)c2cccs2)c1. The van der Waals surface area contributed by atoms with Gasteiger partial charge in [-0.25, -0.2) is 0 Å². The van der Waals surface area contributed by atoms with E-state index in [4.69, 9.17) is 0 Å². The summed E-state index contributed by atoms with van der Waals surface area (Å²) in [6.07, 6.45) is 1.87. The highest BCUT2D eigenvalue weighted by Crippen LogP contribution is 2.24. The molecule has 2 aromatic rings. The largest absolute Gasteiger partial charge is 0.385 e. The van der Waals surface area contributed by atoms with Gasteiger partial charge in [0.25, 0.3) is 0 Å². The molecule has 2 rings (SSSR count). The van der Waals surface area contributed by atoms with Crippen LogP contribution in [0, 0.1) is 0 Å². The fourth-order valence-corrected chi connectivity index (χ4v) is 2.87. The zero-order valence-electron chi connectivity index (χ0n) is 11.8. The van der Waals surface area contributed by atoms with Gasteiger partial charge in [0.2, 0.25) is 0 Å². The Balaban J connectivity index is 2.02. The van der Waals surface area contributed by atoms with E-state index in [1.807, 2.05) is 12.3 Å². The molecule has 102 valence electrons. The van der Waals surface area contributed by atoms with E-state index in [-0.39, 0.29) is 0 Å². The lowest BCUT2D eigenvalue weighted by molar-refractivity contribution is 0.253. The molecule has 0 aliphatic heterocycles. The Kier molecular flexibility index (Phi) is 4.93. The molecule has 2 aromatic heterocycles. The van der Waals surface area contributed by atoms with E-state index in [9.17, 15) is 0 Å². The van der Waals surface area contributed by atoms with E-state index in [2.05, 4.69) is 59.7 Å². The summed E-state index contributed by atoms with van der Waals surface area (Å²) < 4.78 is 0. The minimum absolute atomic E-state index is 0.421. The topological polar surface area (TPSA) is 28.2 Å². The fourth-order valence-electron chi connectivity index (χ4n) is 2.02. The molecule has 1 N–H and O–H groups in total. The molecule has 1 unspecified atom stereocenters. The average Bonchev–Trinajstić information content (AvgIpc) is 2.92. The van der Waals surface area contributed by atoms with E-state index < -0.39 is 0 Å². The van der Waals surface area contributed by atoms with Crippen LogP contribution in [0.3, 0.4) is 0 Å². The average molecular weight is 275 g/mol. The number of anilines is 1. The molecule has 0 radical (unpaired) electrons. The summed E-state index contributed by atoms with van der Waals surface area (Å²) in [5.41, 5.74) is 2.24. The van der Waals surface area contributed by atoms with E-state index in [0.717, 1.165) is 24.5 Å². The maximum Gasteiger partial charge on any atom is 0.0564 e. The van der Waals surface area contributed by atoms with Crippen LogP contribution in [0.2, 0.25) is 0 Å². The van der Waals surface area contributed by atoms with Crippen molar-refractivity contribution in [3.63, 3.8) is 0 Å². The number of pyridine rings is 1. The maximum absolute atomic E-state index is 4.45. The van der Waals surface area contributed by atoms with Crippen LogP contribution in [-0.2, 0) is 6.54 Å². The van der Waals surface area contributed by atoms with Crippen molar-refractivity contribution in [3.05, 3.63) is 46.4 Å². The van der Waals surface area contributed by atoms with Gasteiger partial charge in [-0.1, -0.05) is 6.07 Å². The monoisotopic (exact) mass is 275 g/mol. The van der Waals surface area contributed by atoms with Crippen molar-refractivity contribution in [1.82, 2.24) is 9.88 Å². The van der Waals surface area contributed by atoms with Gasteiger partial charge >= 0.3 is 0 Å². The zero-order chi connectivity index (χ0) is 13.7. The molecular weight excluding hydrogens is 254 g/mol. The third kappa shape index (κ3) is 3.78. The van der Waals surface area contributed by atoms with Crippen molar-refractivity contribution in [3.8, 4) is 0 Å². The molecular formula is C15H21N3S. The first-order chi connectivity index (χ1) is 9.20. The highest BCUT2D eigenvalue weighted by Gasteiger charge is 2.13. The zero-order valence-corrected chi connectivity index (χ0v) is 12.6. The molecule has 2 heterocycles. The second-order valence-corrected chi connectivity index (χ2v) is 5.65. The number of nitrogens with one attached hydrogen (secondary N) is 1. The van der Waals surface area contributed by atoms with Crippen molar-refractivity contribution in [2.24, 2.45) is 0 Å². The lowest BCUT2D eigenvalue weighted by atomic mass is 10.2. The Morgan fingerprint density at radius 2 is 2.26 bits per heavy atom. The van der Waals surface area contributed by atoms with Crippen molar-refractivity contribution < 1.29 is 0 Å². The van der Waals surface area contributed by atoms with Crippen LogP contribution in [-0.4, -0.2) is 23.5 Å². The standard InChI is InChI=1S/C15H21N3S/c1-4-16-13-7-8-17-14(10-13)11-18(3)12(2)15-6-5-9-19-15/h5-10,12H,4,11H2,1-3H3,(H,16,17). The van der Waals surface area contributed by atoms with Crippen LogP contribution in [0.5, 0.6) is 0 Å². The Hall–Kier alpha value is -1.39. The number of thiophene rings is 1. The number of hydrogen-bond acceptors (Lipinski definition) is 4. The van der Waals surface area contributed by atoms with Gasteiger partial charge < -0.3 is 5.32 Å². The predicted octanol–water partition coefficient (Wildman–Crippen LogP) is 3.77. The second kappa shape index (κ2) is 6.68. The van der Waals surface area contributed by atoms with Gasteiger partial charge in [-0.15, -0.1) is 11.3 Å². The first-order valence-electron chi connectivity index (χ1n) is 6.63. The number of nitrogens with zero attached hydrogens (tertiary/aromatic N) is 2. The second-order valence-electron chi connectivity index (χ2n) is 4.67. The summed E-state index contributed by atoms with van der Waals surface area (Å²) >= 11 is 1.81. The van der Waals surface area contributed by atoms with Crippen molar-refractivity contribution in [2.45, 2.75) is 26.4 Å². The van der Waals surface area contributed by atoms with Gasteiger partial charge in [0, 0.05) is 35.9 Å². The number of aromatic nitrogens is 1. The summed E-state index contributed by atoms with van der Waals surface area (Å²) in [7, 11) is 2.14. The molecule has 3 nitrogen and oxygen atoms in total. The third-order valence-electron chi connectivity index (χ3n) is 3.22. The molecule has 1 atom stereocenters. The maximum atomic E-state index is 4.45.